The second kappa shape index (κ2) is 5.47. The molecule has 4 nitrogen and oxygen atoms in total. The largest absolute Gasteiger partial charge is 0.453 e. The fourth-order valence-electron chi connectivity index (χ4n) is 1.97. The number of rotatable bonds is 4. The Bertz CT molecular complexity index is 550. The highest BCUT2D eigenvalue weighted by Gasteiger charge is 2.19. The van der Waals surface area contributed by atoms with Crippen molar-refractivity contribution in [3.8, 4) is 0 Å². The molecule has 0 aromatic carbocycles. The fraction of sp³-hybridized carbons (Fsp3) is 0.417. The number of aromatic nitrogens is 2. The van der Waals surface area contributed by atoms with E-state index in [4.69, 9.17) is 16.0 Å². The molecule has 0 aliphatic carbocycles. The Balaban J connectivity index is 2.25. The van der Waals surface area contributed by atoms with Gasteiger partial charge in [0, 0.05) is 12.6 Å². The number of halogens is 2. The van der Waals surface area contributed by atoms with Crippen LogP contribution in [0.4, 0.5) is 0 Å². The average molecular weight is 333 g/mol. The van der Waals surface area contributed by atoms with Crippen LogP contribution in [-0.4, -0.2) is 16.8 Å². The summed E-state index contributed by atoms with van der Waals surface area (Å²) in [5.41, 5.74) is 2.00. The Morgan fingerprint density at radius 2 is 2.28 bits per heavy atom. The first-order valence-corrected chi connectivity index (χ1v) is 6.80. The van der Waals surface area contributed by atoms with Crippen molar-refractivity contribution in [1.29, 1.82) is 0 Å². The van der Waals surface area contributed by atoms with Crippen LogP contribution in [0.5, 0.6) is 0 Å². The van der Waals surface area contributed by atoms with Crippen LogP contribution in [0.15, 0.2) is 21.2 Å². The first kappa shape index (κ1) is 13.6. The summed E-state index contributed by atoms with van der Waals surface area (Å²) in [5, 5.41) is 8.23. The Morgan fingerprint density at radius 3 is 2.72 bits per heavy atom. The Morgan fingerprint density at radius 1 is 1.56 bits per heavy atom. The molecule has 0 amide bonds. The first-order valence-electron chi connectivity index (χ1n) is 5.63. The molecule has 6 heteroatoms. The first-order chi connectivity index (χ1) is 8.52. The van der Waals surface area contributed by atoms with Gasteiger partial charge in [-0.25, -0.2) is 0 Å². The van der Waals surface area contributed by atoms with E-state index >= 15 is 0 Å². The summed E-state index contributed by atoms with van der Waals surface area (Å²) in [6.45, 7) is 1.96. The smallest absolute Gasteiger partial charge is 0.169 e. The molecule has 1 atom stereocenters. The number of likely N-dealkylation sites (N-methyl/N-ethyl adjacent to an activating group) is 1. The topological polar surface area (TPSA) is 43.0 Å². The monoisotopic (exact) mass is 331 g/mol. The van der Waals surface area contributed by atoms with Crippen molar-refractivity contribution in [2.24, 2.45) is 7.05 Å². The summed E-state index contributed by atoms with van der Waals surface area (Å²) in [5.74, 6) is 0.878. The number of furan rings is 1. The molecule has 2 heterocycles. The fourth-order valence-corrected chi connectivity index (χ4v) is 2.54. The summed E-state index contributed by atoms with van der Waals surface area (Å²) < 4.78 is 8.00. The van der Waals surface area contributed by atoms with Gasteiger partial charge in [0.1, 0.15) is 10.9 Å². The Kier molecular flexibility index (Phi) is 4.14. The highest BCUT2D eigenvalue weighted by atomic mass is 79.9. The molecule has 1 unspecified atom stereocenters. The number of hydrogen-bond donors (Lipinski definition) is 1. The second-order valence-corrected chi connectivity index (χ2v) is 5.31. The van der Waals surface area contributed by atoms with Crippen molar-refractivity contribution >= 4 is 27.5 Å². The molecule has 18 heavy (non-hydrogen) atoms. The average Bonchev–Trinajstić information content (AvgIpc) is 2.84. The standard InChI is InChI=1S/C12H15BrClN3O/c1-7-8(12(14)17(3)16-7)6-9(15-2)10-4-5-11(13)18-10/h4-5,9,15H,6H2,1-3H3. The number of nitrogens with zero attached hydrogens (tertiary/aromatic N) is 2. The van der Waals surface area contributed by atoms with E-state index in [1.807, 2.05) is 33.2 Å². The van der Waals surface area contributed by atoms with Crippen LogP contribution in [0.2, 0.25) is 5.15 Å². The van der Waals surface area contributed by atoms with E-state index in [-0.39, 0.29) is 6.04 Å². The van der Waals surface area contributed by atoms with Crippen LogP contribution in [0.1, 0.15) is 23.1 Å². The van der Waals surface area contributed by atoms with Gasteiger partial charge in [0.25, 0.3) is 0 Å². The van der Waals surface area contributed by atoms with Crippen molar-refractivity contribution in [1.82, 2.24) is 15.1 Å². The van der Waals surface area contributed by atoms with Gasteiger partial charge in [0.2, 0.25) is 0 Å². The van der Waals surface area contributed by atoms with E-state index in [1.165, 1.54) is 0 Å². The molecule has 0 saturated carbocycles. The highest BCUT2D eigenvalue weighted by molar-refractivity contribution is 9.10. The molecule has 0 aliphatic heterocycles. The van der Waals surface area contributed by atoms with Crippen molar-refractivity contribution < 1.29 is 4.42 Å². The predicted octanol–water partition coefficient (Wildman–Crippen LogP) is 3.24. The Hall–Kier alpha value is -0.780. The SMILES string of the molecule is CNC(Cc1c(C)nn(C)c1Cl)c1ccc(Br)o1. The number of nitrogens with one attached hydrogen (secondary N) is 1. The van der Waals surface area contributed by atoms with Gasteiger partial charge in [0.15, 0.2) is 4.67 Å². The summed E-state index contributed by atoms with van der Waals surface area (Å²) in [4.78, 5) is 0. The molecule has 98 valence electrons. The lowest BCUT2D eigenvalue weighted by Crippen LogP contribution is -2.18. The van der Waals surface area contributed by atoms with E-state index in [9.17, 15) is 0 Å². The quantitative estimate of drug-likeness (QED) is 0.934. The van der Waals surface area contributed by atoms with Crippen LogP contribution in [-0.2, 0) is 13.5 Å². The lowest BCUT2D eigenvalue weighted by Gasteiger charge is -2.13. The lowest BCUT2D eigenvalue weighted by atomic mass is 10.1. The van der Waals surface area contributed by atoms with E-state index in [0.29, 0.717) is 5.15 Å². The lowest BCUT2D eigenvalue weighted by molar-refractivity contribution is 0.416. The van der Waals surface area contributed by atoms with Gasteiger partial charge in [-0.3, -0.25) is 4.68 Å². The third-order valence-corrected chi connectivity index (χ3v) is 3.86. The zero-order valence-electron chi connectivity index (χ0n) is 10.5. The van der Waals surface area contributed by atoms with E-state index in [0.717, 1.165) is 28.1 Å². The maximum atomic E-state index is 6.24. The van der Waals surface area contributed by atoms with Gasteiger partial charge in [-0.15, -0.1) is 0 Å². The minimum Gasteiger partial charge on any atom is -0.453 e. The molecule has 2 rings (SSSR count). The summed E-state index contributed by atoms with van der Waals surface area (Å²) >= 11 is 9.55. The molecule has 1 N–H and O–H groups in total. The van der Waals surface area contributed by atoms with E-state index in [1.54, 1.807) is 4.68 Å². The molecule has 0 aliphatic rings. The van der Waals surface area contributed by atoms with Gasteiger partial charge in [-0.2, -0.15) is 5.10 Å². The van der Waals surface area contributed by atoms with E-state index < -0.39 is 0 Å². The third-order valence-electron chi connectivity index (χ3n) is 2.96. The van der Waals surface area contributed by atoms with Gasteiger partial charge in [0.05, 0.1) is 11.7 Å². The van der Waals surface area contributed by atoms with Crippen molar-refractivity contribution in [3.05, 3.63) is 39.0 Å². The maximum Gasteiger partial charge on any atom is 0.169 e. The molecular weight excluding hydrogens is 318 g/mol. The summed E-state index contributed by atoms with van der Waals surface area (Å²) in [6.07, 6.45) is 0.745. The van der Waals surface area contributed by atoms with Crippen LogP contribution in [0, 0.1) is 6.92 Å². The van der Waals surface area contributed by atoms with Crippen molar-refractivity contribution in [3.63, 3.8) is 0 Å². The molecule has 0 bridgehead atoms. The molecule has 2 aromatic rings. The van der Waals surface area contributed by atoms with Crippen LogP contribution in [0.3, 0.4) is 0 Å². The minimum atomic E-state index is 0.0803. The van der Waals surface area contributed by atoms with Gasteiger partial charge >= 0.3 is 0 Å². The normalized spacial score (nSPS) is 12.9. The predicted molar refractivity (Wildman–Crippen MR) is 74.9 cm³/mol. The van der Waals surface area contributed by atoms with Crippen molar-refractivity contribution in [2.75, 3.05) is 7.05 Å². The third kappa shape index (κ3) is 2.63. The summed E-state index contributed by atoms with van der Waals surface area (Å²) in [7, 11) is 3.75. The molecule has 0 fully saturated rings. The molecular formula is C12H15BrClN3O. The number of hydrogen-bond acceptors (Lipinski definition) is 3. The summed E-state index contributed by atoms with van der Waals surface area (Å²) in [6, 6.07) is 3.92. The van der Waals surface area contributed by atoms with Crippen LogP contribution < -0.4 is 5.32 Å². The maximum absolute atomic E-state index is 6.24. The number of aryl methyl sites for hydroxylation is 2. The second-order valence-electron chi connectivity index (χ2n) is 4.17. The van der Waals surface area contributed by atoms with Gasteiger partial charge in [-0.1, -0.05) is 11.6 Å². The van der Waals surface area contributed by atoms with E-state index in [2.05, 4.69) is 26.3 Å². The molecule has 0 radical (unpaired) electrons. The zero-order valence-corrected chi connectivity index (χ0v) is 12.8. The molecule has 0 spiro atoms. The van der Waals surface area contributed by atoms with Crippen LogP contribution in [0.25, 0.3) is 0 Å². The van der Waals surface area contributed by atoms with Crippen LogP contribution >= 0.6 is 27.5 Å². The van der Waals surface area contributed by atoms with Crippen molar-refractivity contribution in [2.45, 2.75) is 19.4 Å². The molecule has 0 saturated heterocycles. The minimum absolute atomic E-state index is 0.0803. The highest BCUT2D eigenvalue weighted by Crippen LogP contribution is 2.27. The van der Waals surface area contributed by atoms with Gasteiger partial charge in [-0.05, 0) is 48.5 Å². The zero-order chi connectivity index (χ0) is 13.3. The van der Waals surface area contributed by atoms with Gasteiger partial charge < -0.3 is 9.73 Å². The Labute approximate surface area is 119 Å². The molecule has 2 aromatic heterocycles.